The lowest BCUT2D eigenvalue weighted by Crippen LogP contribution is -2.14. The Morgan fingerprint density at radius 1 is 1.67 bits per heavy atom. The van der Waals surface area contributed by atoms with E-state index < -0.39 is 5.97 Å². The Balaban J connectivity index is 2.86. The number of carbonyl (C=O) groups is 2. The molecule has 1 amide bonds. The van der Waals surface area contributed by atoms with Gasteiger partial charge in [-0.15, -0.1) is 0 Å². The summed E-state index contributed by atoms with van der Waals surface area (Å²) in [6.45, 7) is 0. The zero-order chi connectivity index (χ0) is 11.4. The summed E-state index contributed by atoms with van der Waals surface area (Å²) in [4.78, 5) is 22.2. The molecule has 6 nitrogen and oxygen atoms in total. The molecule has 0 unspecified atom stereocenters. The Morgan fingerprint density at radius 2 is 2.33 bits per heavy atom. The van der Waals surface area contributed by atoms with Crippen molar-refractivity contribution in [1.29, 1.82) is 0 Å². The van der Waals surface area contributed by atoms with Gasteiger partial charge in [0.25, 0.3) is 0 Å². The molecule has 7 heteroatoms. The number of alkyl halides is 1. The van der Waals surface area contributed by atoms with Crippen molar-refractivity contribution in [2.24, 2.45) is 7.05 Å². The zero-order valence-corrected chi connectivity index (χ0v) is 9.87. The third-order valence-corrected chi connectivity index (χ3v) is 2.17. The minimum Gasteiger partial charge on any atom is -0.464 e. The van der Waals surface area contributed by atoms with Gasteiger partial charge >= 0.3 is 5.97 Å². The van der Waals surface area contributed by atoms with Gasteiger partial charge in [-0.3, -0.25) is 9.48 Å². The highest BCUT2D eigenvalue weighted by Gasteiger charge is 2.13. The largest absolute Gasteiger partial charge is 0.464 e. The highest BCUT2D eigenvalue weighted by molar-refractivity contribution is 9.09. The number of amides is 1. The summed E-state index contributed by atoms with van der Waals surface area (Å²) < 4.78 is 5.89. The van der Waals surface area contributed by atoms with Crippen molar-refractivity contribution in [1.82, 2.24) is 9.78 Å². The SMILES string of the molecule is COC(=O)c1cc(NC(=O)CBr)n(C)n1. The minimum absolute atomic E-state index is 0.157. The molecule has 1 N–H and O–H groups in total. The lowest BCUT2D eigenvalue weighted by Gasteiger charge is -2.01. The van der Waals surface area contributed by atoms with E-state index in [2.05, 4.69) is 31.1 Å². The van der Waals surface area contributed by atoms with Gasteiger partial charge in [0.1, 0.15) is 5.82 Å². The van der Waals surface area contributed by atoms with E-state index in [0.29, 0.717) is 5.82 Å². The van der Waals surface area contributed by atoms with Gasteiger partial charge in [-0.05, 0) is 0 Å². The van der Waals surface area contributed by atoms with Crippen LogP contribution >= 0.6 is 15.9 Å². The molecule has 0 fully saturated rings. The van der Waals surface area contributed by atoms with Crippen LogP contribution in [-0.2, 0) is 16.6 Å². The summed E-state index contributed by atoms with van der Waals surface area (Å²) in [5.41, 5.74) is 0.157. The molecule has 0 saturated carbocycles. The van der Waals surface area contributed by atoms with E-state index >= 15 is 0 Å². The van der Waals surface area contributed by atoms with E-state index in [1.54, 1.807) is 7.05 Å². The number of hydrogen-bond donors (Lipinski definition) is 1. The van der Waals surface area contributed by atoms with Crippen LogP contribution in [0.25, 0.3) is 0 Å². The maximum absolute atomic E-state index is 11.1. The third kappa shape index (κ3) is 2.79. The Labute approximate surface area is 94.7 Å². The molecule has 1 heterocycles. The van der Waals surface area contributed by atoms with Crippen LogP contribution in [0.4, 0.5) is 5.82 Å². The molecule has 1 aromatic heterocycles. The molecule has 0 atom stereocenters. The lowest BCUT2D eigenvalue weighted by molar-refractivity contribution is -0.113. The van der Waals surface area contributed by atoms with Gasteiger partial charge < -0.3 is 10.1 Å². The van der Waals surface area contributed by atoms with Crippen molar-refractivity contribution in [3.63, 3.8) is 0 Å². The zero-order valence-electron chi connectivity index (χ0n) is 8.28. The maximum atomic E-state index is 11.1. The summed E-state index contributed by atoms with van der Waals surface area (Å²) in [5, 5.41) is 6.63. The molecule has 1 aromatic rings. The second kappa shape index (κ2) is 4.92. The average molecular weight is 276 g/mol. The van der Waals surface area contributed by atoms with Crippen molar-refractivity contribution in [2.75, 3.05) is 17.8 Å². The first-order valence-electron chi connectivity index (χ1n) is 4.06. The molecule has 0 saturated heterocycles. The highest BCUT2D eigenvalue weighted by atomic mass is 79.9. The number of methoxy groups -OCH3 is 1. The minimum atomic E-state index is -0.537. The fourth-order valence-corrected chi connectivity index (χ4v) is 1.10. The van der Waals surface area contributed by atoms with E-state index in [0.717, 1.165) is 0 Å². The quantitative estimate of drug-likeness (QED) is 0.646. The maximum Gasteiger partial charge on any atom is 0.358 e. The molecular weight excluding hydrogens is 266 g/mol. The van der Waals surface area contributed by atoms with Crippen molar-refractivity contribution < 1.29 is 14.3 Å². The Morgan fingerprint density at radius 3 is 2.87 bits per heavy atom. The number of rotatable bonds is 3. The van der Waals surface area contributed by atoms with Gasteiger partial charge in [-0.1, -0.05) is 15.9 Å². The average Bonchev–Trinajstić information content (AvgIpc) is 2.59. The fraction of sp³-hybridized carbons (Fsp3) is 0.375. The molecule has 0 aliphatic carbocycles. The van der Waals surface area contributed by atoms with Crippen molar-refractivity contribution in [3.05, 3.63) is 11.8 Å². The number of ether oxygens (including phenoxy) is 1. The Hall–Kier alpha value is -1.37. The van der Waals surface area contributed by atoms with Crippen molar-refractivity contribution in [2.45, 2.75) is 0 Å². The monoisotopic (exact) mass is 275 g/mol. The second-order valence-corrected chi connectivity index (χ2v) is 3.27. The van der Waals surface area contributed by atoms with Crippen molar-refractivity contribution >= 4 is 33.6 Å². The van der Waals surface area contributed by atoms with Gasteiger partial charge in [0.05, 0.1) is 12.4 Å². The number of anilines is 1. The smallest absolute Gasteiger partial charge is 0.358 e. The van der Waals surface area contributed by atoms with Crippen LogP contribution in [0.2, 0.25) is 0 Å². The number of esters is 1. The number of nitrogens with one attached hydrogen (secondary N) is 1. The van der Waals surface area contributed by atoms with Gasteiger partial charge in [-0.25, -0.2) is 4.79 Å². The van der Waals surface area contributed by atoms with E-state index in [1.807, 2.05) is 0 Å². The van der Waals surface area contributed by atoms with Gasteiger partial charge in [0, 0.05) is 13.1 Å². The Bertz CT molecular complexity index is 388. The topological polar surface area (TPSA) is 73.2 Å². The van der Waals surface area contributed by atoms with Gasteiger partial charge in [0.2, 0.25) is 5.91 Å². The second-order valence-electron chi connectivity index (χ2n) is 2.71. The van der Waals surface area contributed by atoms with Crippen LogP contribution < -0.4 is 5.32 Å². The summed E-state index contributed by atoms with van der Waals surface area (Å²) in [6.07, 6.45) is 0. The van der Waals surface area contributed by atoms with Crippen molar-refractivity contribution in [3.8, 4) is 0 Å². The standard InChI is InChI=1S/C8H10BrN3O3/c1-12-6(10-7(13)4-9)3-5(11-12)8(14)15-2/h3H,4H2,1-2H3,(H,10,13). The van der Waals surface area contributed by atoms with E-state index in [9.17, 15) is 9.59 Å². The predicted octanol–water partition coefficient (Wildman–Crippen LogP) is 0.540. The summed E-state index contributed by atoms with van der Waals surface area (Å²) in [5.74, 6) is -0.306. The lowest BCUT2D eigenvalue weighted by atomic mass is 10.4. The summed E-state index contributed by atoms with van der Waals surface area (Å²) in [6, 6.07) is 1.45. The van der Waals surface area contributed by atoms with Crippen LogP contribution in [-0.4, -0.2) is 34.1 Å². The molecule has 0 aliphatic heterocycles. The van der Waals surface area contributed by atoms with E-state index in [-0.39, 0.29) is 16.9 Å². The molecule has 0 aliphatic rings. The van der Waals surface area contributed by atoms with Crippen LogP contribution in [0.1, 0.15) is 10.5 Å². The predicted molar refractivity (Wildman–Crippen MR) is 57.0 cm³/mol. The highest BCUT2D eigenvalue weighted by Crippen LogP contribution is 2.09. The molecule has 0 spiro atoms. The number of aromatic nitrogens is 2. The fourth-order valence-electron chi connectivity index (χ4n) is 0.965. The number of nitrogens with zero attached hydrogens (tertiary/aromatic N) is 2. The number of aryl methyl sites for hydroxylation is 1. The molecule has 15 heavy (non-hydrogen) atoms. The molecule has 0 radical (unpaired) electrons. The van der Waals surface area contributed by atoms with Crippen LogP contribution in [0.5, 0.6) is 0 Å². The van der Waals surface area contributed by atoms with Crippen LogP contribution in [0, 0.1) is 0 Å². The van der Waals surface area contributed by atoms with E-state index in [1.165, 1.54) is 17.9 Å². The number of hydrogen-bond acceptors (Lipinski definition) is 4. The number of halogens is 1. The molecular formula is C8H10BrN3O3. The molecule has 1 rings (SSSR count). The first-order valence-corrected chi connectivity index (χ1v) is 5.18. The first-order chi connectivity index (χ1) is 7.08. The molecule has 0 bridgehead atoms. The van der Waals surface area contributed by atoms with Gasteiger partial charge in [0.15, 0.2) is 5.69 Å². The van der Waals surface area contributed by atoms with Crippen LogP contribution in [0.15, 0.2) is 6.07 Å². The van der Waals surface area contributed by atoms with Crippen LogP contribution in [0.3, 0.4) is 0 Å². The summed E-state index contributed by atoms with van der Waals surface area (Å²) in [7, 11) is 2.89. The van der Waals surface area contributed by atoms with E-state index in [4.69, 9.17) is 0 Å². The summed E-state index contributed by atoms with van der Waals surface area (Å²) >= 11 is 3.01. The third-order valence-electron chi connectivity index (χ3n) is 1.66. The van der Waals surface area contributed by atoms with Gasteiger partial charge in [-0.2, -0.15) is 5.10 Å². The number of carbonyl (C=O) groups excluding carboxylic acids is 2. The Kier molecular flexibility index (Phi) is 3.84. The first kappa shape index (κ1) is 11.7. The normalized spacial score (nSPS) is 9.80. The molecule has 82 valence electrons. The molecule has 0 aromatic carbocycles.